The Morgan fingerprint density at radius 1 is 1.21 bits per heavy atom. The monoisotopic (exact) mass is 186 g/mol. The normalized spacial score (nSPS) is 10.8. The van der Waals surface area contributed by atoms with Crippen LogP contribution in [0.5, 0.6) is 0 Å². The van der Waals surface area contributed by atoms with Crippen LogP contribution in [0.15, 0.2) is 24.3 Å². The Hall–Kier alpha value is -1.41. The van der Waals surface area contributed by atoms with Gasteiger partial charge in [0, 0.05) is 11.1 Å². The first-order valence-electron chi connectivity index (χ1n) is 4.65. The first-order valence-corrected chi connectivity index (χ1v) is 4.65. The number of rotatable bonds is 1. The highest BCUT2D eigenvalue weighted by atomic mass is 16.3. The van der Waals surface area contributed by atoms with Gasteiger partial charge >= 0.3 is 0 Å². The lowest BCUT2D eigenvalue weighted by molar-refractivity contribution is 0.178. The van der Waals surface area contributed by atoms with Crippen LogP contribution >= 0.6 is 0 Å². The molecule has 1 aromatic heterocycles. The minimum Gasteiger partial charge on any atom is -0.253 e. The fourth-order valence-electron chi connectivity index (χ4n) is 1.68. The van der Waals surface area contributed by atoms with Gasteiger partial charge in [-0.05, 0) is 37.1 Å². The molecular formula is C12H12NO. The molecule has 0 fully saturated rings. The molecule has 2 heteroatoms. The molecule has 0 bridgehead atoms. The van der Waals surface area contributed by atoms with Crippen LogP contribution in [0, 0.1) is 13.8 Å². The maximum Gasteiger partial charge on any atom is 0.108 e. The van der Waals surface area contributed by atoms with Crippen molar-refractivity contribution in [1.82, 2.24) is 4.98 Å². The predicted molar refractivity (Wildman–Crippen MR) is 55.6 cm³/mol. The second-order valence-corrected chi connectivity index (χ2v) is 3.59. The van der Waals surface area contributed by atoms with Crippen molar-refractivity contribution >= 4 is 10.9 Å². The number of benzene rings is 1. The van der Waals surface area contributed by atoms with E-state index in [9.17, 15) is 5.11 Å². The molecule has 0 unspecified atom stereocenters. The van der Waals surface area contributed by atoms with Crippen molar-refractivity contribution in [1.29, 1.82) is 0 Å². The predicted octanol–water partition coefficient (Wildman–Crippen LogP) is 2.78. The number of hydrogen-bond donors (Lipinski definition) is 0. The zero-order valence-electron chi connectivity index (χ0n) is 8.37. The molecule has 0 amide bonds. The minimum absolute atomic E-state index is 0.178. The summed E-state index contributed by atoms with van der Waals surface area (Å²) in [6.07, 6.45) is 0. The quantitative estimate of drug-likeness (QED) is 0.674. The molecule has 14 heavy (non-hydrogen) atoms. The Labute approximate surface area is 83.2 Å². The van der Waals surface area contributed by atoms with Crippen LogP contribution in [0.4, 0.5) is 0 Å². The zero-order valence-corrected chi connectivity index (χ0v) is 8.37. The van der Waals surface area contributed by atoms with Gasteiger partial charge in [0.1, 0.15) is 6.61 Å². The lowest BCUT2D eigenvalue weighted by Crippen LogP contribution is -1.91. The van der Waals surface area contributed by atoms with Crippen molar-refractivity contribution in [3.8, 4) is 0 Å². The van der Waals surface area contributed by atoms with E-state index in [-0.39, 0.29) is 6.61 Å². The second kappa shape index (κ2) is 3.39. The van der Waals surface area contributed by atoms with Crippen LogP contribution in [0.2, 0.25) is 0 Å². The topological polar surface area (TPSA) is 32.8 Å². The van der Waals surface area contributed by atoms with E-state index < -0.39 is 0 Å². The maximum absolute atomic E-state index is 11.0. The second-order valence-electron chi connectivity index (χ2n) is 3.59. The molecule has 1 aromatic carbocycles. The first-order chi connectivity index (χ1) is 6.70. The summed E-state index contributed by atoms with van der Waals surface area (Å²) < 4.78 is 0. The zero-order chi connectivity index (χ0) is 10.1. The van der Waals surface area contributed by atoms with E-state index in [1.54, 1.807) is 0 Å². The Bertz CT molecular complexity index is 472. The van der Waals surface area contributed by atoms with Crippen LogP contribution in [0.25, 0.3) is 10.9 Å². The molecule has 0 saturated carbocycles. The van der Waals surface area contributed by atoms with Crippen molar-refractivity contribution in [3.63, 3.8) is 0 Å². The largest absolute Gasteiger partial charge is 0.253 e. The molecule has 0 aliphatic heterocycles. The number of fused-ring (bicyclic) bond motifs is 1. The van der Waals surface area contributed by atoms with Gasteiger partial charge in [0.25, 0.3) is 0 Å². The van der Waals surface area contributed by atoms with Gasteiger partial charge in [-0.1, -0.05) is 12.1 Å². The van der Waals surface area contributed by atoms with Crippen molar-refractivity contribution < 1.29 is 5.11 Å². The lowest BCUT2D eigenvalue weighted by atomic mass is 10.1. The van der Waals surface area contributed by atoms with Gasteiger partial charge in [-0.3, -0.25) is 4.98 Å². The first kappa shape index (κ1) is 9.16. The third-order valence-corrected chi connectivity index (χ3v) is 2.33. The van der Waals surface area contributed by atoms with Crippen LogP contribution in [0.3, 0.4) is 0 Å². The molecule has 2 nitrogen and oxygen atoms in total. The van der Waals surface area contributed by atoms with Gasteiger partial charge in [0.2, 0.25) is 0 Å². The number of aromatic nitrogens is 1. The molecule has 0 atom stereocenters. The van der Waals surface area contributed by atoms with Crippen LogP contribution in [0.1, 0.15) is 16.8 Å². The summed E-state index contributed by atoms with van der Waals surface area (Å²) in [7, 11) is 0. The third kappa shape index (κ3) is 1.49. The number of hydrogen-bond acceptors (Lipinski definition) is 1. The summed E-state index contributed by atoms with van der Waals surface area (Å²) in [4.78, 5) is 4.41. The van der Waals surface area contributed by atoms with Crippen molar-refractivity contribution in [2.75, 3.05) is 0 Å². The molecule has 1 radical (unpaired) electrons. The maximum atomic E-state index is 11.0. The SMILES string of the molecule is Cc1ccc2c(C[O])cc(C)nc2c1. The Kier molecular flexibility index (Phi) is 2.22. The number of nitrogens with zero attached hydrogens (tertiary/aromatic N) is 1. The summed E-state index contributed by atoms with van der Waals surface area (Å²) >= 11 is 0. The molecule has 0 saturated heterocycles. The standard InChI is InChI=1S/C12H12NO/c1-8-3-4-11-10(7-14)6-9(2)13-12(11)5-8/h3-6H,7H2,1-2H3. The van der Waals surface area contributed by atoms with E-state index in [2.05, 4.69) is 4.98 Å². The summed E-state index contributed by atoms with van der Waals surface area (Å²) in [6.45, 7) is 3.77. The van der Waals surface area contributed by atoms with Crippen molar-refractivity contribution in [2.24, 2.45) is 0 Å². The van der Waals surface area contributed by atoms with E-state index >= 15 is 0 Å². The summed E-state index contributed by atoms with van der Waals surface area (Å²) in [5, 5.41) is 11.9. The van der Waals surface area contributed by atoms with Crippen LogP contribution < -0.4 is 0 Å². The highest BCUT2D eigenvalue weighted by Gasteiger charge is 2.03. The molecule has 0 aliphatic carbocycles. The van der Waals surface area contributed by atoms with Gasteiger partial charge in [-0.2, -0.15) is 0 Å². The van der Waals surface area contributed by atoms with E-state index in [0.717, 1.165) is 22.2 Å². The average molecular weight is 186 g/mol. The Balaban J connectivity index is 2.81. The van der Waals surface area contributed by atoms with E-state index in [1.165, 1.54) is 5.56 Å². The molecule has 2 aromatic rings. The van der Waals surface area contributed by atoms with Crippen LogP contribution in [-0.2, 0) is 11.7 Å². The van der Waals surface area contributed by atoms with Gasteiger partial charge in [0.15, 0.2) is 0 Å². The average Bonchev–Trinajstić information content (AvgIpc) is 2.15. The third-order valence-electron chi connectivity index (χ3n) is 2.33. The van der Waals surface area contributed by atoms with E-state index in [0.29, 0.717) is 0 Å². The van der Waals surface area contributed by atoms with Gasteiger partial charge < -0.3 is 0 Å². The fourth-order valence-corrected chi connectivity index (χ4v) is 1.68. The van der Waals surface area contributed by atoms with Crippen molar-refractivity contribution in [3.05, 3.63) is 41.1 Å². The number of aryl methyl sites for hydroxylation is 2. The van der Waals surface area contributed by atoms with Gasteiger partial charge in [-0.15, -0.1) is 0 Å². The fraction of sp³-hybridized carbons (Fsp3) is 0.250. The lowest BCUT2D eigenvalue weighted by Gasteiger charge is -2.05. The summed E-state index contributed by atoms with van der Waals surface area (Å²) in [6, 6.07) is 7.87. The smallest absolute Gasteiger partial charge is 0.108 e. The Morgan fingerprint density at radius 2 is 2.00 bits per heavy atom. The summed E-state index contributed by atoms with van der Waals surface area (Å²) in [5.41, 5.74) is 3.85. The minimum atomic E-state index is -0.178. The van der Waals surface area contributed by atoms with Crippen LogP contribution in [-0.4, -0.2) is 4.98 Å². The molecular weight excluding hydrogens is 174 g/mol. The number of pyridine rings is 1. The van der Waals surface area contributed by atoms with Gasteiger partial charge in [0.05, 0.1) is 5.52 Å². The Morgan fingerprint density at radius 3 is 2.71 bits per heavy atom. The highest BCUT2D eigenvalue weighted by molar-refractivity contribution is 5.82. The molecule has 0 spiro atoms. The molecule has 0 N–H and O–H groups in total. The summed E-state index contributed by atoms with van der Waals surface area (Å²) in [5.74, 6) is 0. The molecule has 71 valence electrons. The molecule has 1 heterocycles. The molecule has 2 rings (SSSR count). The van der Waals surface area contributed by atoms with E-state index in [1.807, 2.05) is 38.1 Å². The van der Waals surface area contributed by atoms with Gasteiger partial charge in [-0.25, -0.2) is 5.11 Å². The van der Waals surface area contributed by atoms with E-state index in [4.69, 9.17) is 0 Å². The van der Waals surface area contributed by atoms with Crippen molar-refractivity contribution in [2.45, 2.75) is 20.5 Å². The molecule has 0 aliphatic rings. The highest BCUT2D eigenvalue weighted by Crippen LogP contribution is 2.19.